The van der Waals surface area contributed by atoms with E-state index in [1.54, 1.807) is 13.1 Å². The normalized spacial score (nSPS) is 10.6. The summed E-state index contributed by atoms with van der Waals surface area (Å²) in [6, 6.07) is 7.26. The molecule has 0 fully saturated rings. The first-order valence-corrected chi connectivity index (χ1v) is 6.52. The van der Waals surface area contributed by atoms with Crippen LogP contribution in [0.5, 0.6) is 0 Å². The number of para-hydroxylation sites is 2. The molecule has 1 N–H and O–H groups in total. The van der Waals surface area contributed by atoms with Crippen LogP contribution in [0.3, 0.4) is 0 Å². The minimum Gasteiger partial charge on any atom is -0.469 e. The van der Waals surface area contributed by atoms with Gasteiger partial charge in [0.2, 0.25) is 5.91 Å². The predicted molar refractivity (Wildman–Crippen MR) is 76.8 cm³/mol. The Morgan fingerprint density at radius 2 is 1.90 bits per heavy atom. The predicted octanol–water partition coefficient (Wildman–Crippen LogP) is 0.0193. The van der Waals surface area contributed by atoms with E-state index in [0.717, 1.165) is 5.52 Å². The van der Waals surface area contributed by atoms with Crippen LogP contribution in [0.25, 0.3) is 11.0 Å². The van der Waals surface area contributed by atoms with Crippen molar-refractivity contribution in [1.82, 2.24) is 14.5 Å². The molecule has 0 aliphatic rings. The first-order valence-electron chi connectivity index (χ1n) is 6.52. The molecule has 0 radical (unpaired) electrons. The van der Waals surface area contributed by atoms with Crippen molar-refractivity contribution in [2.45, 2.75) is 13.0 Å². The van der Waals surface area contributed by atoms with Gasteiger partial charge in [-0.25, -0.2) is 4.79 Å². The summed E-state index contributed by atoms with van der Waals surface area (Å²) in [4.78, 5) is 34.9. The maximum Gasteiger partial charge on any atom is 0.329 e. The van der Waals surface area contributed by atoms with E-state index in [0.29, 0.717) is 5.52 Å². The fraction of sp³-hybridized carbons (Fsp3) is 0.357. The standard InChI is InChI=1S/C14H17N3O4/c1-16-10-5-3-4-6-11(10)17(14(16)20)9-12(18)15-8-7-13(19)21-2/h3-6H,7-9H2,1-2H3,(H,15,18). The molecule has 1 aromatic carbocycles. The zero-order valence-electron chi connectivity index (χ0n) is 12.0. The highest BCUT2D eigenvalue weighted by atomic mass is 16.5. The Hall–Kier alpha value is -2.57. The lowest BCUT2D eigenvalue weighted by Crippen LogP contribution is -2.33. The zero-order chi connectivity index (χ0) is 15.4. The van der Waals surface area contributed by atoms with Crippen LogP contribution in [-0.4, -0.2) is 34.7 Å². The fourth-order valence-electron chi connectivity index (χ4n) is 2.12. The summed E-state index contributed by atoms with van der Waals surface area (Å²) in [5.74, 6) is -0.713. The molecule has 0 bridgehead atoms. The number of carbonyl (C=O) groups is 2. The number of imidazole rings is 1. The van der Waals surface area contributed by atoms with Crippen LogP contribution in [0, 0.1) is 0 Å². The zero-order valence-corrected chi connectivity index (χ0v) is 12.0. The Morgan fingerprint density at radius 3 is 2.57 bits per heavy atom. The average molecular weight is 291 g/mol. The SMILES string of the molecule is COC(=O)CCNC(=O)Cn1c(=O)n(C)c2ccccc21. The van der Waals surface area contributed by atoms with Gasteiger partial charge in [-0.05, 0) is 12.1 Å². The lowest BCUT2D eigenvalue weighted by molar-refractivity contribution is -0.140. The van der Waals surface area contributed by atoms with Crippen molar-refractivity contribution >= 4 is 22.9 Å². The first-order chi connectivity index (χ1) is 10.0. The molecule has 0 saturated heterocycles. The van der Waals surface area contributed by atoms with Crippen molar-refractivity contribution in [3.8, 4) is 0 Å². The van der Waals surface area contributed by atoms with Gasteiger partial charge in [0.1, 0.15) is 6.54 Å². The molecule has 0 unspecified atom stereocenters. The van der Waals surface area contributed by atoms with E-state index in [2.05, 4.69) is 10.1 Å². The van der Waals surface area contributed by atoms with Gasteiger partial charge < -0.3 is 10.1 Å². The van der Waals surface area contributed by atoms with Gasteiger partial charge in [0.15, 0.2) is 0 Å². The van der Waals surface area contributed by atoms with E-state index < -0.39 is 5.97 Å². The second kappa shape index (κ2) is 6.25. The number of aryl methyl sites for hydroxylation is 1. The summed E-state index contributed by atoms with van der Waals surface area (Å²) < 4.78 is 7.38. The third kappa shape index (κ3) is 3.13. The van der Waals surface area contributed by atoms with Crippen LogP contribution in [0.4, 0.5) is 0 Å². The Morgan fingerprint density at radius 1 is 1.24 bits per heavy atom. The lowest BCUT2D eigenvalue weighted by Gasteiger charge is -2.05. The van der Waals surface area contributed by atoms with Crippen molar-refractivity contribution < 1.29 is 14.3 Å². The third-order valence-corrected chi connectivity index (χ3v) is 3.23. The Kier molecular flexibility index (Phi) is 4.42. The Labute approximate surface area is 121 Å². The lowest BCUT2D eigenvalue weighted by atomic mass is 10.3. The summed E-state index contributed by atoms with van der Waals surface area (Å²) in [5, 5.41) is 2.59. The van der Waals surface area contributed by atoms with Crippen molar-refractivity contribution in [2.75, 3.05) is 13.7 Å². The number of hydrogen-bond acceptors (Lipinski definition) is 4. The average Bonchev–Trinajstić information content (AvgIpc) is 2.72. The number of benzene rings is 1. The maximum atomic E-state index is 12.1. The molecule has 1 amide bonds. The third-order valence-electron chi connectivity index (χ3n) is 3.23. The Balaban J connectivity index is 2.10. The number of nitrogens with zero attached hydrogens (tertiary/aromatic N) is 2. The van der Waals surface area contributed by atoms with E-state index in [-0.39, 0.29) is 31.1 Å². The van der Waals surface area contributed by atoms with Gasteiger partial charge in [0.05, 0.1) is 24.6 Å². The topological polar surface area (TPSA) is 82.3 Å². The molecule has 0 aliphatic carbocycles. The number of ether oxygens (including phenoxy) is 1. The molecule has 21 heavy (non-hydrogen) atoms. The van der Waals surface area contributed by atoms with Crippen molar-refractivity contribution in [2.24, 2.45) is 7.05 Å². The molecule has 1 aromatic heterocycles. The minimum atomic E-state index is -0.391. The van der Waals surface area contributed by atoms with Gasteiger partial charge >= 0.3 is 11.7 Å². The largest absolute Gasteiger partial charge is 0.469 e. The summed E-state index contributed by atoms with van der Waals surface area (Å²) in [7, 11) is 2.95. The van der Waals surface area contributed by atoms with E-state index in [1.807, 2.05) is 18.2 Å². The van der Waals surface area contributed by atoms with E-state index >= 15 is 0 Å². The molecule has 0 saturated carbocycles. The molecule has 0 atom stereocenters. The van der Waals surface area contributed by atoms with E-state index in [1.165, 1.54) is 16.2 Å². The number of fused-ring (bicyclic) bond motifs is 1. The number of nitrogens with one attached hydrogen (secondary N) is 1. The van der Waals surface area contributed by atoms with Crippen LogP contribution in [0.2, 0.25) is 0 Å². The molecule has 0 aliphatic heterocycles. The van der Waals surface area contributed by atoms with E-state index in [4.69, 9.17) is 0 Å². The molecule has 2 aromatic rings. The first kappa shape index (κ1) is 14.8. The van der Waals surface area contributed by atoms with Gasteiger partial charge in [0.25, 0.3) is 0 Å². The number of carbonyl (C=O) groups excluding carboxylic acids is 2. The molecule has 7 nitrogen and oxygen atoms in total. The number of amides is 1. The molecular formula is C14H17N3O4. The van der Waals surface area contributed by atoms with Gasteiger partial charge in [-0.2, -0.15) is 0 Å². The van der Waals surface area contributed by atoms with Crippen LogP contribution >= 0.6 is 0 Å². The van der Waals surface area contributed by atoms with Crippen molar-refractivity contribution in [1.29, 1.82) is 0 Å². The summed E-state index contributed by atoms with van der Waals surface area (Å²) in [6.07, 6.45) is 0.104. The highest BCUT2D eigenvalue weighted by Crippen LogP contribution is 2.10. The summed E-state index contributed by atoms with van der Waals surface area (Å²) in [6.45, 7) is 0.104. The molecule has 112 valence electrons. The molecule has 2 rings (SSSR count). The monoisotopic (exact) mass is 291 g/mol. The van der Waals surface area contributed by atoms with Gasteiger partial charge in [-0.3, -0.25) is 18.7 Å². The van der Waals surface area contributed by atoms with Crippen molar-refractivity contribution in [3.63, 3.8) is 0 Å². The fourth-order valence-corrected chi connectivity index (χ4v) is 2.12. The molecule has 7 heteroatoms. The van der Waals surface area contributed by atoms with Crippen LogP contribution in [0.15, 0.2) is 29.1 Å². The smallest absolute Gasteiger partial charge is 0.329 e. The van der Waals surface area contributed by atoms with Gasteiger partial charge in [-0.1, -0.05) is 12.1 Å². The maximum absolute atomic E-state index is 12.1. The second-order valence-corrected chi connectivity index (χ2v) is 4.59. The van der Waals surface area contributed by atoms with Crippen LogP contribution in [-0.2, 0) is 27.9 Å². The highest BCUT2D eigenvalue weighted by molar-refractivity contribution is 5.81. The van der Waals surface area contributed by atoms with Crippen molar-refractivity contribution in [3.05, 3.63) is 34.7 Å². The number of methoxy groups -OCH3 is 1. The number of hydrogen-bond donors (Lipinski definition) is 1. The number of rotatable bonds is 5. The highest BCUT2D eigenvalue weighted by Gasteiger charge is 2.13. The number of aromatic nitrogens is 2. The van der Waals surface area contributed by atoms with Gasteiger partial charge in [-0.15, -0.1) is 0 Å². The second-order valence-electron chi connectivity index (χ2n) is 4.59. The van der Waals surface area contributed by atoms with Crippen LogP contribution in [0.1, 0.15) is 6.42 Å². The quantitative estimate of drug-likeness (QED) is 0.787. The molecular weight excluding hydrogens is 274 g/mol. The molecule has 0 spiro atoms. The summed E-state index contributed by atoms with van der Waals surface area (Å²) >= 11 is 0. The number of esters is 1. The molecule has 1 heterocycles. The van der Waals surface area contributed by atoms with Crippen LogP contribution < -0.4 is 11.0 Å². The van der Waals surface area contributed by atoms with E-state index in [9.17, 15) is 14.4 Å². The minimum absolute atomic E-state index is 0.0820. The summed E-state index contributed by atoms with van der Waals surface area (Å²) in [5.41, 5.74) is 1.22. The Bertz CT molecular complexity index is 729. The van der Waals surface area contributed by atoms with Gasteiger partial charge in [0, 0.05) is 13.6 Å².